The summed E-state index contributed by atoms with van der Waals surface area (Å²) in [6, 6.07) is 13.8. The highest BCUT2D eigenvalue weighted by molar-refractivity contribution is 9.10. The number of hydrogen-bond acceptors (Lipinski definition) is 2. The molecule has 0 saturated carbocycles. The third-order valence-corrected chi connectivity index (χ3v) is 3.28. The van der Waals surface area contributed by atoms with E-state index < -0.39 is 11.9 Å². The zero-order valence-corrected chi connectivity index (χ0v) is 12.7. The summed E-state index contributed by atoms with van der Waals surface area (Å²) < 4.78 is 0.946. The van der Waals surface area contributed by atoms with Crippen LogP contribution in [0.1, 0.15) is 15.9 Å². The summed E-state index contributed by atoms with van der Waals surface area (Å²) in [5.41, 5.74) is 6.88. The number of urea groups is 1. The van der Waals surface area contributed by atoms with Crippen LogP contribution in [0.4, 0.5) is 10.5 Å². The lowest BCUT2D eigenvalue weighted by Crippen LogP contribution is -2.29. The molecule has 0 aromatic heterocycles. The van der Waals surface area contributed by atoms with Crippen LogP contribution in [0.5, 0.6) is 0 Å². The van der Waals surface area contributed by atoms with Crippen molar-refractivity contribution in [1.29, 1.82) is 0 Å². The molecule has 2 aromatic rings. The molecule has 0 atom stereocenters. The Kier molecular flexibility index (Phi) is 4.94. The lowest BCUT2D eigenvalue weighted by Gasteiger charge is -2.10. The number of primary amides is 1. The SMILES string of the molecule is NC(=O)c1ccccc1NC(=O)NCc1cccc(Br)c1. The second kappa shape index (κ2) is 6.90. The molecule has 4 N–H and O–H groups in total. The van der Waals surface area contributed by atoms with Gasteiger partial charge in [-0.15, -0.1) is 0 Å². The van der Waals surface area contributed by atoms with Crippen LogP contribution in [0.15, 0.2) is 53.0 Å². The maximum Gasteiger partial charge on any atom is 0.319 e. The number of hydrogen-bond donors (Lipinski definition) is 3. The van der Waals surface area contributed by atoms with E-state index in [1.165, 1.54) is 0 Å². The molecule has 0 aliphatic rings. The molecule has 2 aromatic carbocycles. The molecule has 0 heterocycles. The summed E-state index contributed by atoms with van der Waals surface area (Å²) in [5.74, 6) is -0.585. The molecule has 5 nitrogen and oxygen atoms in total. The zero-order valence-electron chi connectivity index (χ0n) is 11.1. The molecule has 21 heavy (non-hydrogen) atoms. The Balaban J connectivity index is 1.98. The van der Waals surface area contributed by atoms with Crippen molar-refractivity contribution >= 4 is 33.6 Å². The standard InChI is InChI=1S/C15H14BrN3O2/c16-11-5-3-4-10(8-11)9-18-15(21)19-13-7-2-1-6-12(13)14(17)20/h1-8H,9H2,(H2,17,20)(H2,18,19,21). The smallest absolute Gasteiger partial charge is 0.319 e. The largest absolute Gasteiger partial charge is 0.366 e. The van der Waals surface area contributed by atoms with Crippen LogP contribution in [0.25, 0.3) is 0 Å². The van der Waals surface area contributed by atoms with E-state index in [0.29, 0.717) is 12.2 Å². The van der Waals surface area contributed by atoms with Gasteiger partial charge in [-0.3, -0.25) is 4.79 Å². The summed E-state index contributed by atoms with van der Waals surface area (Å²) in [5, 5.41) is 5.33. The number of anilines is 1. The molecule has 108 valence electrons. The molecule has 6 heteroatoms. The fourth-order valence-corrected chi connectivity index (χ4v) is 2.25. The summed E-state index contributed by atoms with van der Waals surface area (Å²) in [6.45, 7) is 0.379. The number of para-hydroxylation sites is 1. The van der Waals surface area contributed by atoms with Gasteiger partial charge < -0.3 is 16.4 Å². The molecule has 2 rings (SSSR count). The third kappa shape index (κ3) is 4.32. The first-order valence-electron chi connectivity index (χ1n) is 6.24. The maximum absolute atomic E-state index is 11.9. The topological polar surface area (TPSA) is 84.2 Å². The van der Waals surface area contributed by atoms with E-state index in [1.54, 1.807) is 24.3 Å². The molecule has 0 aliphatic heterocycles. The van der Waals surface area contributed by atoms with Crippen molar-refractivity contribution in [1.82, 2.24) is 5.32 Å². The third-order valence-electron chi connectivity index (χ3n) is 2.78. The van der Waals surface area contributed by atoms with E-state index in [1.807, 2.05) is 24.3 Å². The van der Waals surface area contributed by atoms with Gasteiger partial charge in [-0.2, -0.15) is 0 Å². The van der Waals surface area contributed by atoms with Gasteiger partial charge in [0.2, 0.25) is 0 Å². The average Bonchev–Trinajstić information content (AvgIpc) is 2.45. The Bertz CT molecular complexity index is 673. The van der Waals surface area contributed by atoms with E-state index in [-0.39, 0.29) is 5.56 Å². The van der Waals surface area contributed by atoms with Gasteiger partial charge in [-0.1, -0.05) is 40.2 Å². The minimum absolute atomic E-state index is 0.273. The Hall–Kier alpha value is -2.34. The Morgan fingerprint density at radius 2 is 1.86 bits per heavy atom. The predicted octanol–water partition coefficient (Wildman–Crippen LogP) is 2.87. The summed E-state index contributed by atoms with van der Waals surface area (Å²) >= 11 is 3.37. The average molecular weight is 348 g/mol. The van der Waals surface area contributed by atoms with Gasteiger partial charge in [0.05, 0.1) is 11.3 Å². The van der Waals surface area contributed by atoms with Crippen LogP contribution < -0.4 is 16.4 Å². The molecule has 0 unspecified atom stereocenters. The van der Waals surface area contributed by atoms with Gasteiger partial charge in [0.1, 0.15) is 0 Å². The Labute approximate surface area is 130 Å². The van der Waals surface area contributed by atoms with Gasteiger partial charge in [0.25, 0.3) is 5.91 Å². The molecule has 0 saturated heterocycles. The number of nitrogens with one attached hydrogen (secondary N) is 2. The zero-order chi connectivity index (χ0) is 15.2. The summed E-state index contributed by atoms with van der Waals surface area (Å²) in [6.07, 6.45) is 0. The van der Waals surface area contributed by atoms with Gasteiger partial charge in [-0.25, -0.2) is 4.79 Å². The van der Waals surface area contributed by atoms with Crippen molar-refractivity contribution in [3.05, 3.63) is 64.1 Å². The predicted molar refractivity (Wildman–Crippen MR) is 85.0 cm³/mol. The fourth-order valence-electron chi connectivity index (χ4n) is 1.80. The molecular weight excluding hydrogens is 334 g/mol. The minimum atomic E-state index is -0.585. The second-order valence-electron chi connectivity index (χ2n) is 4.35. The molecule has 3 amide bonds. The van der Waals surface area contributed by atoms with Gasteiger partial charge in [-0.05, 0) is 29.8 Å². The van der Waals surface area contributed by atoms with Crippen molar-refractivity contribution in [3.63, 3.8) is 0 Å². The summed E-state index contributed by atoms with van der Waals surface area (Å²) in [4.78, 5) is 23.1. The van der Waals surface area contributed by atoms with E-state index in [0.717, 1.165) is 10.0 Å². The molecule has 0 fully saturated rings. The van der Waals surface area contributed by atoms with Crippen LogP contribution in [0, 0.1) is 0 Å². The normalized spacial score (nSPS) is 9.95. The van der Waals surface area contributed by atoms with Crippen LogP contribution in [0.2, 0.25) is 0 Å². The lowest BCUT2D eigenvalue weighted by atomic mass is 10.1. The first-order chi connectivity index (χ1) is 10.1. The maximum atomic E-state index is 11.9. The number of carbonyl (C=O) groups is 2. The fraction of sp³-hybridized carbons (Fsp3) is 0.0667. The highest BCUT2D eigenvalue weighted by atomic mass is 79.9. The number of halogens is 1. The van der Waals surface area contributed by atoms with Crippen LogP contribution in [-0.2, 0) is 6.54 Å². The molecule has 0 radical (unpaired) electrons. The van der Waals surface area contributed by atoms with E-state index >= 15 is 0 Å². The van der Waals surface area contributed by atoms with Gasteiger partial charge in [0.15, 0.2) is 0 Å². The summed E-state index contributed by atoms with van der Waals surface area (Å²) in [7, 11) is 0. The second-order valence-corrected chi connectivity index (χ2v) is 5.26. The van der Waals surface area contributed by atoms with Crippen molar-refractivity contribution < 1.29 is 9.59 Å². The van der Waals surface area contributed by atoms with E-state index in [4.69, 9.17) is 5.73 Å². The Morgan fingerprint density at radius 3 is 2.57 bits per heavy atom. The number of amides is 3. The number of nitrogens with two attached hydrogens (primary N) is 1. The Morgan fingerprint density at radius 1 is 1.10 bits per heavy atom. The number of rotatable bonds is 4. The number of benzene rings is 2. The van der Waals surface area contributed by atoms with Crippen LogP contribution in [-0.4, -0.2) is 11.9 Å². The van der Waals surface area contributed by atoms with E-state index in [2.05, 4.69) is 26.6 Å². The molecule has 0 spiro atoms. The monoisotopic (exact) mass is 347 g/mol. The highest BCUT2D eigenvalue weighted by Gasteiger charge is 2.09. The first kappa shape index (κ1) is 15.1. The first-order valence-corrected chi connectivity index (χ1v) is 7.03. The van der Waals surface area contributed by atoms with Crippen molar-refractivity contribution in [2.75, 3.05) is 5.32 Å². The minimum Gasteiger partial charge on any atom is -0.366 e. The number of carbonyl (C=O) groups excluding carboxylic acids is 2. The van der Waals surface area contributed by atoms with Gasteiger partial charge >= 0.3 is 6.03 Å². The van der Waals surface area contributed by atoms with Crippen LogP contribution >= 0.6 is 15.9 Å². The van der Waals surface area contributed by atoms with Gasteiger partial charge in [0, 0.05) is 11.0 Å². The molecule has 0 bridgehead atoms. The quantitative estimate of drug-likeness (QED) is 0.794. The highest BCUT2D eigenvalue weighted by Crippen LogP contribution is 2.14. The van der Waals surface area contributed by atoms with Crippen LogP contribution in [0.3, 0.4) is 0 Å². The molecular formula is C15H14BrN3O2. The van der Waals surface area contributed by atoms with Crippen molar-refractivity contribution in [2.45, 2.75) is 6.54 Å². The molecule has 0 aliphatic carbocycles. The lowest BCUT2D eigenvalue weighted by molar-refractivity contribution is 0.100. The van der Waals surface area contributed by atoms with Crippen molar-refractivity contribution in [2.24, 2.45) is 5.73 Å². The van der Waals surface area contributed by atoms with E-state index in [9.17, 15) is 9.59 Å². The van der Waals surface area contributed by atoms with Crippen molar-refractivity contribution in [3.8, 4) is 0 Å².